The third-order valence-electron chi connectivity index (χ3n) is 8.19. The molecule has 1 aliphatic rings. The van der Waals surface area contributed by atoms with Gasteiger partial charge in [0.15, 0.2) is 0 Å². The van der Waals surface area contributed by atoms with Gasteiger partial charge in [-0.15, -0.1) is 0 Å². The zero-order chi connectivity index (χ0) is 25.1. The van der Waals surface area contributed by atoms with Crippen LogP contribution in [0.15, 0.2) is 36.4 Å². The Morgan fingerprint density at radius 3 is 2.06 bits per heavy atom. The zero-order valence-corrected chi connectivity index (χ0v) is 22.7. The van der Waals surface area contributed by atoms with E-state index in [0.717, 1.165) is 17.9 Å². The summed E-state index contributed by atoms with van der Waals surface area (Å²) in [5, 5.41) is 0. The summed E-state index contributed by atoms with van der Waals surface area (Å²) >= 11 is 0. The van der Waals surface area contributed by atoms with E-state index in [0.29, 0.717) is 5.56 Å². The van der Waals surface area contributed by atoms with Gasteiger partial charge in [0.2, 0.25) is 0 Å². The summed E-state index contributed by atoms with van der Waals surface area (Å²) in [6.45, 7) is 16.5. The van der Waals surface area contributed by atoms with Gasteiger partial charge >= 0.3 is 5.97 Å². The van der Waals surface area contributed by atoms with Crippen molar-refractivity contribution in [2.75, 3.05) is 7.11 Å². The zero-order valence-electron chi connectivity index (χ0n) is 22.7. The maximum atomic E-state index is 11.8. The number of hydrogen-bond donors (Lipinski definition) is 0. The number of rotatable bonds is 8. The van der Waals surface area contributed by atoms with Gasteiger partial charge in [-0.2, -0.15) is 0 Å². The van der Waals surface area contributed by atoms with Crippen LogP contribution < -0.4 is 0 Å². The minimum Gasteiger partial charge on any atom is -0.465 e. The molecule has 0 amide bonds. The van der Waals surface area contributed by atoms with Gasteiger partial charge in [0, 0.05) is 0 Å². The molecule has 0 aromatic heterocycles. The van der Waals surface area contributed by atoms with Crippen LogP contribution in [0.2, 0.25) is 0 Å². The number of allylic oxidation sites excluding steroid dienone is 1. The molecule has 1 aliphatic carbocycles. The maximum Gasteiger partial charge on any atom is 0.337 e. The lowest BCUT2D eigenvalue weighted by Gasteiger charge is -2.42. The standard InChI is InChI=1S/C32H44O2/c1-9-23(10-2)11-16-26-20-28-29(32(6,7)18-17-31(28,4)5)21-27(26)22(3)19-24-12-14-25(15-13-24)30(33)34-8/h12-15,19-21,23H,9-11,16-18H2,1-8H3. The van der Waals surface area contributed by atoms with Gasteiger partial charge in [0.1, 0.15) is 0 Å². The van der Waals surface area contributed by atoms with Crippen molar-refractivity contribution < 1.29 is 9.53 Å². The van der Waals surface area contributed by atoms with Crippen molar-refractivity contribution in [3.05, 3.63) is 69.8 Å². The Balaban J connectivity index is 2.07. The fourth-order valence-electron chi connectivity index (χ4n) is 5.45. The Labute approximate surface area is 207 Å². The normalized spacial score (nSPS) is 16.9. The number of ether oxygens (including phenoxy) is 1. The number of hydrogen-bond acceptors (Lipinski definition) is 2. The van der Waals surface area contributed by atoms with E-state index in [2.05, 4.69) is 66.7 Å². The van der Waals surface area contributed by atoms with Gasteiger partial charge in [0.25, 0.3) is 0 Å². The molecule has 0 radical (unpaired) electrons. The second kappa shape index (κ2) is 10.5. The van der Waals surface area contributed by atoms with Crippen molar-refractivity contribution in [3.63, 3.8) is 0 Å². The molecule has 2 heteroatoms. The number of carbonyl (C=O) groups is 1. The molecule has 0 bridgehead atoms. The Hall–Kier alpha value is -2.35. The molecule has 0 saturated heterocycles. The van der Waals surface area contributed by atoms with Crippen molar-refractivity contribution >= 4 is 17.6 Å². The Bertz CT molecular complexity index is 1030. The van der Waals surface area contributed by atoms with E-state index in [9.17, 15) is 4.79 Å². The van der Waals surface area contributed by atoms with Gasteiger partial charge in [-0.1, -0.05) is 84.7 Å². The molecule has 34 heavy (non-hydrogen) atoms. The summed E-state index contributed by atoms with van der Waals surface area (Å²) in [5.41, 5.74) is 9.30. The average Bonchev–Trinajstić information content (AvgIpc) is 2.82. The molecule has 2 nitrogen and oxygen atoms in total. The number of methoxy groups -OCH3 is 1. The highest BCUT2D eigenvalue weighted by atomic mass is 16.5. The van der Waals surface area contributed by atoms with E-state index in [1.54, 1.807) is 5.56 Å². The van der Waals surface area contributed by atoms with Crippen LogP contribution in [0.5, 0.6) is 0 Å². The monoisotopic (exact) mass is 460 g/mol. The van der Waals surface area contributed by atoms with Crippen LogP contribution in [0.1, 0.15) is 119 Å². The topological polar surface area (TPSA) is 26.3 Å². The molecule has 0 saturated carbocycles. The number of benzene rings is 2. The maximum absolute atomic E-state index is 11.8. The van der Waals surface area contributed by atoms with Crippen molar-refractivity contribution in [2.45, 2.75) is 97.8 Å². The second-order valence-electron chi connectivity index (χ2n) is 11.5. The largest absolute Gasteiger partial charge is 0.465 e. The van der Waals surface area contributed by atoms with E-state index >= 15 is 0 Å². The summed E-state index contributed by atoms with van der Waals surface area (Å²) in [6.07, 6.45) is 9.57. The smallest absolute Gasteiger partial charge is 0.337 e. The molecule has 0 fully saturated rings. The fourth-order valence-corrected chi connectivity index (χ4v) is 5.45. The molecular formula is C32H44O2. The second-order valence-corrected chi connectivity index (χ2v) is 11.5. The van der Waals surface area contributed by atoms with Crippen molar-refractivity contribution in [3.8, 4) is 0 Å². The highest BCUT2D eigenvalue weighted by Crippen LogP contribution is 2.47. The van der Waals surface area contributed by atoms with Crippen LogP contribution in [0, 0.1) is 5.92 Å². The summed E-state index contributed by atoms with van der Waals surface area (Å²) < 4.78 is 4.84. The fraction of sp³-hybridized carbons (Fsp3) is 0.531. The molecule has 0 spiro atoms. The minimum absolute atomic E-state index is 0.190. The minimum atomic E-state index is -0.296. The van der Waals surface area contributed by atoms with E-state index in [-0.39, 0.29) is 16.8 Å². The molecule has 0 N–H and O–H groups in total. The van der Waals surface area contributed by atoms with Crippen LogP contribution in [-0.4, -0.2) is 13.1 Å². The Morgan fingerprint density at radius 1 is 0.971 bits per heavy atom. The lowest BCUT2D eigenvalue weighted by Crippen LogP contribution is -2.34. The number of carbonyl (C=O) groups excluding carboxylic acids is 1. The summed E-state index contributed by atoms with van der Waals surface area (Å²) in [6, 6.07) is 12.8. The quantitative estimate of drug-likeness (QED) is 0.291. The van der Waals surface area contributed by atoms with Crippen molar-refractivity contribution in [1.29, 1.82) is 0 Å². The van der Waals surface area contributed by atoms with Gasteiger partial charge in [-0.05, 0) is 94.9 Å². The van der Waals surface area contributed by atoms with E-state index in [4.69, 9.17) is 4.74 Å². The number of aryl methyl sites for hydroxylation is 1. The summed E-state index contributed by atoms with van der Waals surface area (Å²) in [4.78, 5) is 11.8. The molecule has 0 atom stereocenters. The molecule has 184 valence electrons. The van der Waals surface area contributed by atoms with E-state index in [1.807, 2.05) is 24.3 Å². The highest BCUT2D eigenvalue weighted by Gasteiger charge is 2.37. The third-order valence-corrected chi connectivity index (χ3v) is 8.19. The van der Waals surface area contributed by atoms with Gasteiger partial charge in [-0.3, -0.25) is 0 Å². The molecule has 0 aliphatic heterocycles. The van der Waals surface area contributed by atoms with Crippen LogP contribution >= 0.6 is 0 Å². The predicted molar refractivity (Wildman–Crippen MR) is 145 cm³/mol. The van der Waals surface area contributed by atoms with Crippen LogP contribution in [0.25, 0.3) is 11.6 Å². The van der Waals surface area contributed by atoms with Gasteiger partial charge in [0.05, 0.1) is 12.7 Å². The van der Waals surface area contributed by atoms with Crippen LogP contribution in [0.3, 0.4) is 0 Å². The first kappa shape index (κ1) is 26.3. The third kappa shape index (κ3) is 5.65. The first-order valence-corrected chi connectivity index (χ1v) is 13.1. The lowest BCUT2D eigenvalue weighted by atomic mass is 9.62. The van der Waals surface area contributed by atoms with Crippen molar-refractivity contribution in [2.24, 2.45) is 5.92 Å². The lowest BCUT2D eigenvalue weighted by molar-refractivity contribution is 0.0600. The number of esters is 1. The van der Waals surface area contributed by atoms with E-state index in [1.165, 1.54) is 61.5 Å². The van der Waals surface area contributed by atoms with Crippen LogP contribution in [-0.2, 0) is 22.0 Å². The Morgan fingerprint density at radius 2 is 1.53 bits per heavy atom. The number of fused-ring (bicyclic) bond motifs is 1. The SMILES string of the molecule is CCC(CC)CCc1cc2c(cc1C(C)=Cc1ccc(C(=O)OC)cc1)C(C)(C)CCC2(C)C. The van der Waals surface area contributed by atoms with E-state index < -0.39 is 0 Å². The first-order valence-electron chi connectivity index (χ1n) is 13.1. The van der Waals surface area contributed by atoms with Gasteiger partial charge in [-0.25, -0.2) is 4.79 Å². The Kier molecular flexibility index (Phi) is 8.11. The molecule has 2 aromatic rings. The first-order chi connectivity index (χ1) is 16.0. The molecule has 0 heterocycles. The predicted octanol–water partition coefficient (Wildman–Crippen LogP) is 8.75. The average molecular weight is 461 g/mol. The van der Waals surface area contributed by atoms with Gasteiger partial charge < -0.3 is 4.74 Å². The molecular weight excluding hydrogens is 416 g/mol. The molecule has 0 unspecified atom stereocenters. The summed E-state index contributed by atoms with van der Waals surface area (Å²) in [5.74, 6) is 0.485. The van der Waals surface area contributed by atoms with Crippen LogP contribution in [0.4, 0.5) is 0 Å². The molecule has 3 rings (SSSR count). The highest BCUT2D eigenvalue weighted by molar-refractivity contribution is 5.90. The van der Waals surface area contributed by atoms with Crippen molar-refractivity contribution in [1.82, 2.24) is 0 Å². The summed E-state index contributed by atoms with van der Waals surface area (Å²) in [7, 11) is 1.42. The molecule has 2 aromatic carbocycles.